The zero-order valence-corrected chi connectivity index (χ0v) is 17.5. The molecule has 0 radical (unpaired) electrons. The molecular formula is C20H22Br2N2O. The van der Waals surface area contributed by atoms with Crippen molar-refractivity contribution in [2.45, 2.75) is 26.4 Å². The van der Waals surface area contributed by atoms with E-state index >= 15 is 0 Å². The fraction of sp³-hybridized carbons (Fsp3) is 0.350. The second-order valence-electron chi connectivity index (χ2n) is 6.54. The van der Waals surface area contributed by atoms with Crippen LogP contribution >= 0.6 is 31.9 Å². The molecule has 0 aliphatic carbocycles. The topological polar surface area (TPSA) is 25.4 Å². The molecule has 1 aromatic heterocycles. The van der Waals surface area contributed by atoms with Crippen LogP contribution in [0.4, 0.5) is 0 Å². The van der Waals surface area contributed by atoms with Gasteiger partial charge in [-0.15, -0.1) is 0 Å². The third-order valence-electron chi connectivity index (χ3n) is 4.60. The van der Waals surface area contributed by atoms with Crippen LogP contribution in [0.15, 0.2) is 52.2 Å². The fourth-order valence-electron chi connectivity index (χ4n) is 2.96. The molecular weight excluding hydrogens is 444 g/mol. The van der Waals surface area contributed by atoms with Crippen LogP contribution in [0.3, 0.4) is 0 Å². The molecule has 1 aliphatic rings. The van der Waals surface area contributed by atoms with Crippen LogP contribution in [0.1, 0.15) is 30.9 Å². The summed E-state index contributed by atoms with van der Waals surface area (Å²) < 4.78 is 7.83. The van der Waals surface area contributed by atoms with Crippen LogP contribution < -0.4 is 4.74 Å². The highest BCUT2D eigenvalue weighted by Gasteiger charge is 2.18. The van der Waals surface area contributed by atoms with Crippen LogP contribution in [0.5, 0.6) is 5.75 Å². The van der Waals surface area contributed by atoms with Crippen molar-refractivity contribution < 1.29 is 4.74 Å². The van der Waals surface area contributed by atoms with Crippen molar-refractivity contribution in [2.75, 3.05) is 13.1 Å². The van der Waals surface area contributed by atoms with E-state index in [9.17, 15) is 0 Å². The molecule has 2 heterocycles. The average molecular weight is 466 g/mol. The predicted molar refractivity (Wildman–Crippen MR) is 109 cm³/mol. The highest BCUT2D eigenvalue weighted by Crippen LogP contribution is 2.33. The molecule has 0 bridgehead atoms. The quantitative estimate of drug-likeness (QED) is 0.550. The molecule has 1 aromatic carbocycles. The Morgan fingerprint density at radius 2 is 1.92 bits per heavy atom. The summed E-state index contributed by atoms with van der Waals surface area (Å²) in [5.41, 5.74) is 3.16. The molecule has 1 aliphatic heterocycles. The first-order valence-electron chi connectivity index (χ1n) is 8.49. The van der Waals surface area contributed by atoms with Gasteiger partial charge in [-0.3, -0.25) is 4.98 Å². The monoisotopic (exact) mass is 464 g/mol. The minimum absolute atomic E-state index is 0.465. The number of para-hydroxylation sites is 1. The predicted octanol–water partition coefficient (Wildman–Crippen LogP) is 5.89. The van der Waals surface area contributed by atoms with Crippen molar-refractivity contribution in [3.05, 3.63) is 63.3 Å². The molecule has 25 heavy (non-hydrogen) atoms. The Kier molecular flexibility index (Phi) is 6.18. The van der Waals surface area contributed by atoms with Gasteiger partial charge in [0.05, 0.1) is 8.95 Å². The van der Waals surface area contributed by atoms with Gasteiger partial charge in [-0.1, -0.05) is 19.6 Å². The first-order chi connectivity index (χ1) is 12.0. The Bertz CT molecular complexity index is 735. The second-order valence-corrected chi connectivity index (χ2v) is 8.25. The van der Waals surface area contributed by atoms with Crippen molar-refractivity contribution in [3.63, 3.8) is 0 Å². The summed E-state index contributed by atoms with van der Waals surface area (Å²) in [6.45, 7) is 9.22. The Balaban J connectivity index is 1.68. The molecule has 0 amide bonds. The summed E-state index contributed by atoms with van der Waals surface area (Å²) in [6, 6.07) is 8.02. The zero-order chi connectivity index (χ0) is 17.8. The van der Waals surface area contributed by atoms with Gasteiger partial charge in [0, 0.05) is 42.3 Å². The van der Waals surface area contributed by atoms with Gasteiger partial charge in [0.2, 0.25) is 0 Å². The Morgan fingerprint density at radius 1 is 1.24 bits per heavy atom. The molecule has 0 saturated carbocycles. The molecule has 1 fully saturated rings. The number of ether oxygens (including phenoxy) is 1. The van der Waals surface area contributed by atoms with E-state index in [2.05, 4.69) is 61.3 Å². The van der Waals surface area contributed by atoms with Gasteiger partial charge in [-0.25, -0.2) is 0 Å². The molecule has 3 rings (SSSR count). The number of nitrogens with zero attached hydrogens (tertiary/aromatic N) is 2. The summed E-state index contributed by atoms with van der Waals surface area (Å²) in [6.07, 6.45) is 6.19. The number of likely N-dealkylation sites (tertiary alicyclic amines) is 1. The van der Waals surface area contributed by atoms with Gasteiger partial charge in [-0.2, -0.15) is 0 Å². The number of hydrogen-bond donors (Lipinski definition) is 0. The third-order valence-corrected chi connectivity index (χ3v) is 5.84. The maximum absolute atomic E-state index is 5.97. The summed E-state index contributed by atoms with van der Waals surface area (Å²) in [7, 11) is 0. The minimum Gasteiger partial charge on any atom is -0.486 e. The summed E-state index contributed by atoms with van der Waals surface area (Å²) >= 11 is 7.05. The lowest BCUT2D eigenvalue weighted by Gasteiger charge is -2.33. The molecule has 5 heteroatoms. The largest absolute Gasteiger partial charge is 0.486 e. The first kappa shape index (κ1) is 18.5. The van der Waals surface area contributed by atoms with E-state index in [1.807, 2.05) is 30.6 Å². The second kappa shape index (κ2) is 8.37. The van der Waals surface area contributed by atoms with Gasteiger partial charge in [0.15, 0.2) is 0 Å². The molecule has 0 unspecified atom stereocenters. The van der Waals surface area contributed by atoms with Crippen molar-refractivity contribution >= 4 is 37.6 Å². The zero-order valence-electron chi connectivity index (χ0n) is 14.3. The normalized spacial score (nSPS) is 15.2. The average Bonchev–Trinajstić information content (AvgIpc) is 2.62. The van der Waals surface area contributed by atoms with Crippen LogP contribution in [0.25, 0.3) is 5.70 Å². The molecule has 0 atom stereocenters. The van der Waals surface area contributed by atoms with Gasteiger partial charge >= 0.3 is 0 Å². The van der Waals surface area contributed by atoms with Crippen LogP contribution in [-0.2, 0) is 6.61 Å². The number of piperidine rings is 1. The molecule has 0 N–H and O–H groups in total. The van der Waals surface area contributed by atoms with Crippen LogP contribution in [-0.4, -0.2) is 23.0 Å². The number of aromatic nitrogens is 1. The standard InChI is InChI=1S/C20H22Br2N2O/c1-14-6-8-24(9-7-14)15(2)17-10-16(11-23-12-17)13-25-20-18(21)4-3-5-19(20)22/h3-5,10-12,14H,2,6-9,13H2,1H3. The summed E-state index contributed by atoms with van der Waals surface area (Å²) in [4.78, 5) is 6.75. The molecule has 1 saturated heterocycles. The molecule has 132 valence electrons. The van der Waals surface area contributed by atoms with E-state index in [0.717, 1.165) is 50.5 Å². The van der Waals surface area contributed by atoms with Gasteiger partial charge in [0.1, 0.15) is 12.4 Å². The van der Waals surface area contributed by atoms with E-state index in [1.54, 1.807) is 0 Å². The number of halogens is 2. The number of rotatable bonds is 5. The van der Waals surface area contributed by atoms with E-state index in [0.29, 0.717) is 6.61 Å². The fourth-order valence-corrected chi connectivity index (χ4v) is 4.19. The smallest absolute Gasteiger partial charge is 0.148 e. The number of pyridine rings is 1. The Hall–Kier alpha value is -1.33. The van der Waals surface area contributed by atoms with Crippen molar-refractivity contribution in [1.29, 1.82) is 0 Å². The van der Waals surface area contributed by atoms with Gasteiger partial charge < -0.3 is 9.64 Å². The van der Waals surface area contributed by atoms with Crippen molar-refractivity contribution in [3.8, 4) is 5.75 Å². The highest BCUT2D eigenvalue weighted by molar-refractivity contribution is 9.11. The summed E-state index contributed by atoms with van der Waals surface area (Å²) in [5.74, 6) is 1.61. The Labute approximate surface area is 166 Å². The van der Waals surface area contributed by atoms with E-state index in [1.165, 1.54) is 12.8 Å². The van der Waals surface area contributed by atoms with E-state index in [4.69, 9.17) is 4.74 Å². The molecule has 3 nitrogen and oxygen atoms in total. The summed E-state index contributed by atoms with van der Waals surface area (Å²) in [5, 5.41) is 0. The SMILES string of the molecule is C=C(c1cncc(COc2c(Br)cccc2Br)c1)N1CCC(C)CC1. The van der Waals surface area contributed by atoms with Crippen LogP contribution in [0, 0.1) is 5.92 Å². The van der Waals surface area contributed by atoms with Crippen molar-refractivity contribution in [1.82, 2.24) is 9.88 Å². The van der Waals surface area contributed by atoms with E-state index < -0.39 is 0 Å². The lowest BCUT2D eigenvalue weighted by atomic mass is 9.98. The van der Waals surface area contributed by atoms with E-state index in [-0.39, 0.29) is 0 Å². The van der Waals surface area contributed by atoms with Gasteiger partial charge in [0.25, 0.3) is 0 Å². The first-order valence-corrected chi connectivity index (χ1v) is 10.1. The molecule has 0 spiro atoms. The lowest BCUT2D eigenvalue weighted by molar-refractivity contribution is 0.268. The lowest BCUT2D eigenvalue weighted by Crippen LogP contribution is -2.31. The van der Waals surface area contributed by atoms with Crippen LogP contribution in [0.2, 0.25) is 0 Å². The maximum atomic E-state index is 5.97. The third kappa shape index (κ3) is 4.64. The number of hydrogen-bond acceptors (Lipinski definition) is 3. The Morgan fingerprint density at radius 3 is 2.60 bits per heavy atom. The highest BCUT2D eigenvalue weighted by atomic mass is 79.9. The van der Waals surface area contributed by atoms with Crippen molar-refractivity contribution in [2.24, 2.45) is 5.92 Å². The minimum atomic E-state index is 0.465. The number of benzene rings is 1. The van der Waals surface area contributed by atoms with Gasteiger partial charge in [-0.05, 0) is 68.8 Å². The maximum Gasteiger partial charge on any atom is 0.148 e. The molecule has 2 aromatic rings.